The number of halogens is 2. The molecule has 0 spiro atoms. The molecular weight excluding hydrogens is 218 g/mol. The Balaban J connectivity index is 3.21. The molecule has 0 N–H and O–H groups in total. The maximum Gasteiger partial charge on any atom is 0.338 e. The van der Waals surface area contributed by atoms with Crippen LogP contribution in [0, 0.1) is 11.3 Å². The maximum atomic E-state index is 12.5. The molecule has 0 fully saturated rings. The number of esters is 1. The van der Waals surface area contributed by atoms with Crippen molar-refractivity contribution in [2.45, 2.75) is 13.3 Å². The number of hydrogen-bond acceptors (Lipinski definition) is 4. The van der Waals surface area contributed by atoms with Gasteiger partial charge < -0.3 is 4.74 Å². The largest absolute Gasteiger partial charge is 0.462 e. The van der Waals surface area contributed by atoms with Crippen LogP contribution in [0.2, 0.25) is 0 Å². The highest BCUT2D eigenvalue weighted by molar-refractivity contribution is 5.91. The SMILES string of the molecule is CCOC(=O)c1cc(C#N)ncc1C(F)F. The average Bonchev–Trinajstić information content (AvgIpc) is 2.28. The summed E-state index contributed by atoms with van der Waals surface area (Å²) < 4.78 is 29.7. The van der Waals surface area contributed by atoms with E-state index < -0.39 is 18.0 Å². The minimum Gasteiger partial charge on any atom is -0.462 e. The van der Waals surface area contributed by atoms with Gasteiger partial charge in [0.25, 0.3) is 6.43 Å². The zero-order valence-corrected chi connectivity index (χ0v) is 8.41. The Hall–Kier alpha value is -2.03. The monoisotopic (exact) mass is 226 g/mol. The molecule has 0 unspecified atom stereocenters. The van der Waals surface area contributed by atoms with Crippen LogP contribution in [-0.2, 0) is 4.74 Å². The van der Waals surface area contributed by atoms with E-state index in [0.29, 0.717) is 0 Å². The lowest BCUT2D eigenvalue weighted by Crippen LogP contribution is -2.09. The van der Waals surface area contributed by atoms with Crippen molar-refractivity contribution in [3.63, 3.8) is 0 Å². The second-order valence-electron chi connectivity index (χ2n) is 2.79. The van der Waals surface area contributed by atoms with E-state index >= 15 is 0 Å². The molecule has 16 heavy (non-hydrogen) atoms. The van der Waals surface area contributed by atoms with Crippen molar-refractivity contribution < 1.29 is 18.3 Å². The fraction of sp³-hybridized carbons (Fsp3) is 0.300. The van der Waals surface area contributed by atoms with Crippen molar-refractivity contribution in [2.24, 2.45) is 0 Å². The van der Waals surface area contributed by atoms with Gasteiger partial charge in [0.1, 0.15) is 11.8 Å². The zero-order chi connectivity index (χ0) is 12.1. The molecule has 1 aromatic rings. The van der Waals surface area contributed by atoms with Crippen LogP contribution < -0.4 is 0 Å². The van der Waals surface area contributed by atoms with Crippen molar-refractivity contribution in [1.82, 2.24) is 4.98 Å². The van der Waals surface area contributed by atoms with Crippen molar-refractivity contribution >= 4 is 5.97 Å². The molecule has 1 aromatic heterocycles. The molecule has 0 bridgehead atoms. The fourth-order valence-corrected chi connectivity index (χ4v) is 1.09. The van der Waals surface area contributed by atoms with Gasteiger partial charge >= 0.3 is 5.97 Å². The van der Waals surface area contributed by atoms with E-state index in [0.717, 1.165) is 12.3 Å². The molecule has 0 atom stereocenters. The molecule has 0 aliphatic carbocycles. The van der Waals surface area contributed by atoms with Gasteiger partial charge in [0, 0.05) is 6.20 Å². The summed E-state index contributed by atoms with van der Waals surface area (Å²) in [6.07, 6.45) is -2.02. The van der Waals surface area contributed by atoms with E-state index in [1.54, 1.807) is 13.0 Å². The molecule has 0 amide bonds. The first kappa shape index (κ1) is 12.0. The van der Waals surface area contributed by atoms with Crippen LogP contribution in [0.25, 0.3) is 0 Å². The van der Waals surface area contributed by atoms with Gasteiger partial charge in [-0.3, -0.25) is 0 Å². The first-order valence-electron chi connectivity index (χ1n) is 4.45. The summed E-state index contributed by atoms with van der Waals surface area (Å²) in [6, 6.07) is 2.67. The third kappa shape index (κ3) is 2.51. The lowest BCUT2D eigenvalue weighted by atomic mass is 10.1. The molecular formula is C10H8F2N2O2. The summed E-state index contributed by atoms with van der Waals surface area (Å²) >= 11 is 0. The van der Waals surface area contributed by atoms with Gasteiger partial charge in [-0.15, -0.1) is 0 Å². The number of nitrogens with zero attached hydrogens (tertiary/aromatic N) is 2. The van der Waals surface area contributed by atoms with Crippen molar-refractivity contribution in [2.75, 3.05) is 6.61 Å². The number of rotatable bonds is 3. The lowest BCUT2D eigenvalue weighted by molar-refractivity contribution is 0.0515. The van der Waals surface area contributed by atoms with E-state index in [2.05, 4.69) is 9.72 Å². The van der Waals surface area contributed by atoms with Crippen LogP contribution >= 0.6 is 0 Å². The van der Waals surface area contributed by atoms with E-state index in [-0.39, 0.29) is 17.9 Å². The number of ether oxygens (including phenoxy) is 1. The molecule has 0 saturated carbocycles. The van der Waals surface area contributed by atoms with Gasteiger partial charge in [-0.1, -0.05) is 0 Å². The van der Waals surface area contributed by atoms with Gasteiger partial charge in [-0.25, -0.2) is 18.6 Å². The maximum absolute atomic E-state index is 12.5. The second-order valence-corrected chi connectivity index (χ2v) is 2.79. The predicted molar refractivity (Wildman–Crippen MR) is 49.9 cm³/mol. The number of alkyl halides is 2. The van der Waals surface area contributed by atoms with E-state index in [9.17, 15) is 13.6 Å². The first-order valence-corrected chi connectivity index (χ1v) is 4.45. The Morgan fingerprint density at radius 1 is 1.69 bits per heavy atom. The Labute approximate surface area is 90.5 Å². The van der Waals surface area contributed by atoms with Crippen molar-refractivity contribution in [3.8, 4) is 6.07 Å². The summed E-state index contributed by atoms with van der Waals surface area (Å²) in [5, 5.41) is 8.55. The second kappa shape index (κ2) is 5.16. The lowest BCUT2D eigenvalue weighted by Gasteiger charge is -2.07. The van der Waals surface area contributed by atoms with Crippen molar-refractivity contribution in [3.05, 3.63) is 29.1 Å². The highest BCUT2D eigenvalue weighted by atomic mass is 19.3. The van der Waals surface area contributed by atoms with Crippen LogP contribution in [0.4, 0.5) is 8.78 Å². The average molecular weight is 226 g/mol. The van der Waals surface area contributed by atoms with Gasteiger partial charge in [-0.05, 0) is 13.0 Å². The fourth-order valence-electron chi connectivity index (χ4n) is 1.09. The Kier molecular flexibility index (Phi) is 3.89. The first-order chi connectivity index (χ1) is 7.60. The standard InChI is InChI=1S/C10H8F2N2O2/c1-2-16-10(15)7-3-6(4-13)14-5-8(7)9(11)12/h3,5,9H,2H2,1H3. The molecule has 84 valence electrons. The molecule has 0 radical (unpaired) electrons. The summed E-state index contributed by atoms with van der Waals surface area (Å²) in [4.78, 5) is 14.8. The van der Waals surface area contributed by atoms with Crippen molar-refractivity contribution in [1.29, 1.82) is 5.26 Å². The minimum absolute atomic E-state index is 0.0751. The van der Waals surface area contributed by atoms with Gasteiger partial charge in [0.05, 0.1) is 17.7 Å². The van der Waals surface area contributed by atoms with Gasteiger partial charge in [0.2, 0.25) is 0 Å². The van der Waals surface area contributed by atoms with E-state index in [1.807, 2.05) is 0 Å². The summed E-state index contributed by atoms with van der Waals surface area (Å²) in [7, 11) is 0. The highest BCUT2D eigenvalue weighted by Gasteiger charge is 2.20. The smallest absolute Gasteiger partial charge is 0.338 e. The summed E-state index contributed by atoms with van der Waals surface area (Å²) in [5.74, 6) is -0.878. The molecule has 0 saturated heterocycles. The molecule has 0 aromatic carbocycles. The van der Waals surface area contributed by atoms with Crippen LogP contribution in [0.15, 0.2) is 12.3 Å². The van der Waals surface area contributed by atoms with Crippen LogP contribution in [0.5, 0.6) is 0 Å². The zero-order valence-electron chi connectivity index (χ0n) is 8.41. The predicted octanol–water partition coefficient (Wildman–Crippen LogP) is 2.07. The van der Waals surface area contributed by atoms with Crippen LogP contribution in [-0.4, -0.2) is 17.6 Å². The van der Waals surface area contributed by atoms with Crippen LogP contribution in [0.3, 0.4) is 0 Å². The third-order valence-electron chi connectivity index (χ3n) is 1.78. The number of pyridine rings is 1. The number of nitriles is 1. The minimum atomic E-state index is -2.83. The Morgan fingerprint density at radius 3 is 2.88 bits per heavy atom. The molecule has 1 heterocycles. The van der Waals surface area contributed by atoms with Gasteiger partial charge in [0.15, 0.2) is 0 Å². The third-order valence-corrected chi connectivity index (χ3v) is 1.78. The normalized spacial score (nSPS) is 9.94. The topological polar surface area (TPSA) is 63.0 Å². The Morgan fingerprint density at radius 2 is 2.38 bits per heavy atom. The number of carbonyl (C=O) groups is 1. The number of hydrogen-bond donors (Lipinski definition) is 0. The van der Waals surface area contributed by atoms with Gasteiger partial charge in [-0.2, -0.15) is 5.26 Å². The van der Waals surface area contributed by atoms with Crippen LogP contribution in [0.1, 0.15) is 35.0 Å². The molecule has 0 aliphatic rings. The van der Waals surface area contributed by atoms with E-state index in [1.165, 1.54) is 0 Å². The van der Waals surface area contributed by atoms with E-state index in [4.69, 9.17) is 5.26 Å². The summed E-state index contributed by atoms with van der Waals surface area (Å²) in [6.45, 7) is 1.64. The molecule has 0 aliphatic heterocycles. The molecule has 1 rings (SSSR count). The molecule has 4 nitrogen and oxygen atoms in total. The Bertz CT molecular complexity index is 441. The summed E-state index contributed by atoms with van der Waals surface area (Å²) in [5.41, 5.74) is -0.951. The highest BCUT2D eigenvalue weighted by Crippen LogP contribution is 2.23. The number of aromatic nitrogens is 1. The quantitative estimate of drug-likeness (QED) is 0.740. The number of carbonyl (C=O) groups excluding carboxylic acids is 1. The molecule has 6 heteroatoms.